The average molecular weight is 383 g/mol. The van der Waals surface area contributed by atoms with Gasteiger partial charge in [0.2, 0.25) is 5.91 Å². The first kappa shape index (κ1) is 20.5. The smallest absolute Gasteiger partial charge is 0.218 e. The van der Waals surface area contributed by atoms with Crippen LogP contribution in [0.25, 0.3) is 0 Å². The van der Waals surface area contributed by atoms with E-state index in [1.54, 1.807) is 0 Å². The number of carbonyl (C=O) groups excluding carboxylic acids is 1. The van der Waals surface area contributed by atoms with Crippen molar-refractivity contribution in [1.29, 1.82) is 0 Å². The fourth-order valence-electron chi connectivity index (χ4n) is 3.81. The SMILES string of the molecule is NC(=O)CCN(Cc1ccccc1)C[C@H](O)CO[C@@H]1CCCc2ccccc21. The number of nitrogens with two attached hydrogens (primary N) is 1. The van der Waals surface area contributed by atoms with Crippen LogP contribution >= 0.6 is 0 Å². The number of fused-ring (bicyclic) bond motifs is 1. The van der Waals surface area contributed by atoms with Gasteiger partial charge in [0.1, 0.15) is 0 Å². The van der Waals surface area contributed by atoms with Crippen LogP contribution in [0.5, 0.6) is 0 Å². The molecule has 28 heavy (non-hydrogen) atoms. The number of rotatable bonds is 10. The van der Waals surface area contributed by atoms with Gasteiger partial charge in [-0.25, -0.2) is 0 Å². The number of hydrogen-bond acceptors (Lipinski definition) is 4. The van der Waals surface area contributed by atoms with E-state index >= 15 is 0 Å². The topological polar surface area (TPSA) is 75.8 Å². The fourth-order valence-corrected chi connectivity index (χ4v) is 3.81. The second-order valence-corrected chi connectivity index (χ2v) is 7.50. The Morgan fingerprint density at radius 1 is 1.18 bits per heavy atom. The average Bonchev–Trinajstić information content (AvgIpc) is 2.71. The Balaban J connectivity index is 1.54. The minimum Gasteiger partial charge on any atom is -0.389 e. The third-order valence-corrected chi connectivity index (χ3v) is 5.20. The summed E-state index contributed by atoms with van der Waals surface area (Å²) < 4.78 is 6.08. The van der Waals surface area contributed by atoms with E-state index in [0.717, 1.165) is 24.8 Å². The number of primary amides is 1. The van der Waals surface area contributed by atoms with Crippen LogP contribution in [0.15, 0.2) is 54.6 Å². The Morgan fingerprint density at radius 2 is 1.93 bits per heavy atom. The summed E-state index contributed by atoms with van der Waals surface area (Å²) in [5.41, 5.74) is 9.05. The Labute approximate surface area is 167 Å². The molecular weight excluding hydrogens is 352 g/mol. The number of nitrogens with zero attached hydrogens (tertiary/aromatic N) is 1. The zero-order valence-corrected chi connectivity index (χ0v) is 16.3. The quantitative estimate of drug-likeness (QED) is 0.663. The maximum absolute atomic E-state index is 11.2. The van der Waals surface area contributed by atoms with E-state index < -0.39 is 6.10 Å². The van der Waals surface area contributed by atoms with Crippen molar-refractivity contribution in [2.75, 3.05) is 19.7 Å². The second-order valence-electron chi connectivity index (χ2n) is 7.50. The van der Waals surface area contributed by atoms with Gasteiger partial charge in [0.15, 0.2) is 0 Å². The number of aliphatic hydroxyl groups is 1. The highest BCUT2D eigenvalue weighted by atomic mass is 16.5. The van der Waals surface area contributed by atoms with E-state index in [1.807, 2.05) is 36.4 Å². The van der Waals surface area contributed by atoms with Crippen molar-refractivity contribution in [3.63, 3.8) is 0 Å². The number of ether oxygens (including phenoxy) is 1. The minimum atomic E-state index is -0.620. The van der Waals surface area contributed by atoms with E-state index in [0.29, 0.717) is 19.6 Å². The molecule has 0 unspecified atom stereocenters. The first-order valence-corrected chi connectivity index (χ1v) is 10.0. The van der Waals surface area contributed by atoms with Gasteiger partial charge in [0.25, 0.3) is 0 Å². The van der Waals surface area contributed by atoms with Crippen molar-refractivity contribution in [2.24, 2.45) is 5.73 Å². The molecule has 0 fully saturated rings. The van der Waals surface area contributed by atoms with Crippen LogP contribution in [0.4, 0.5) is 0 Å². The van der Waals surface area contributed by atoms with Crippen molar-refractivity contribution in [1.82, 2.24) is 4.90 Å². The summed E-state index contributed by atoms with van der Waals surface area (Å²) in [6.45, 7) is 1.91. The van der Waals surface area contributed by atoms with Gasteiger partial charge < -0.3 is 15.6 Å². The largest absolute Gasteiger partial charge is 0.389 e. The van der Waals surface area contributed by atoms with Gasteiger partial charge >= 0.3 is 0 Å². The fraction of sp³-hybridized carbons (Fsp3) is 0.435. The molecular formula is C23H30N2O3. The summed E-state index contributed by atoms with van der Waals surface area (Å²) in [4.78, 5) is 13.3. The van der Waals surface area contributed by atoms with Gasteiger partial charge in [0, 0.05) is 26.1 Å². The van der Waals surface area contributed by atoms with Crippen molar-refractivity contribution in [2.45, 2.75) is 44.4 Å². The molecule has 5 nitrogen and oxygen atoms in total. The molecule has 2 aromatic carbocycles. The molecule has 0 saturated carbocycles. The molecule has 5 heteroatoms. The van der Waals surface area contributed by atoms with E-state index in [-0.39, 0.29) is 25.0 Å². The molecule has 0 aromatic heterocycles. The second kappa shape index (κ2) is 10.4. The molecule has 1 amide bonds. The number of carbonyl (C=O) groups is 1. The third-order valence-electron chi connectivity index (χ3n) is 5.20. The third kappa shape index (κ3) is 6.16. The van der Waals surface area contributed by atoms with E-state index in [9.17, 15) is 9.90 Å². The number of benzene rings is 2. The first-order chi connectivity index (χ1) is 13.6. The number of amides is 1. The van der Waals surface area contributed by atoms with Gasteiger partial charge in [-0.3, -0.25) is 9.69 Å². The van der Waals surface area contributed by atoms with Crippen LogP contribution in [0, 0.1) is 0 Å². The van der Waals surface area contributed by atoms with Gasteiger partial charge in [-0.05, 0) is 36.0 Å². The molecule has 0 aliphatic heterocycles. The number of aryl methyl sites for hydroxylation is 1. The highest BCUT2D eigenvalue weighted by Crippen LogP contribution is 2.32. The molecule has 0 radical (unpaired) electrons. The molecule has 3 N–H and O–H groups in total. The Hall–Kier alpha value is -2.21. The van der Waals surface area contributed by atoms with Crippen LogP contribution in [0.3, 0.4) is 0 Å². The van der Waals surface area contributed by atoms with Crippen LogP contribution in [0.1, 0.15) is 42.1 Å². The van der Waals surface area contributed by atoms with Gasteiger partial charge in [-0.1, -0.05) is 54.6 Å². The summed E-state index contributed by atoms with van der Waals surface area (Å²) in [6.07, 6.45) is 2.89. The molecule has 0 saturated heterocycles. The molecule has 0 spiro atoms. The summed E-state index contributed by atoms with van der Waals surface area (Å²) in [5, 5.41) is 10.6. The zero-order valence-electron chi connectivity index (χ0n) is 16.3. The maximum Gasteiger partial charge on any atom is 0.218 e. The van der Waals surface area contributed by atoms with Crippen molar-refractivity contribution in [3.8, 4) is 0 Å². The van der Waals surface area contributed by atoms with Crippen molar-refractivity contribution < 1.29 is 14.6 Å². The lowest BCUT2D eigenvalue weighted by Gasteiger charge is -2.28. The molecule has 1 aliphatic carbocycles. The summed E-state index contributed by atoms with van der Waals surface area (Å²) in [5.74, 6) is -0.331. The minimum absolute atomic E-state index is 0.0489. The monoisotopic (exact) mass is 382 g/mol. The normalized spacial score (nSPS) is 17.3. The van der Waals surface area contributed by atoms with Crippen LogP contribution in [0.2, 0.25) is 0 Å². The number of hydrogen-bond donors (Lipinski definition) is 2. The molecule has 1 aliphatic rings. The van der Waals surface area contributed by atoms with Gasteiger partial charge in [-0.15, -0.1) is 0 Å². The summed E-state index contributed by atoms with van der Waals surface area (Å²) >= 11 is 0. The molecule has 0 bridgehead atoms. The highest BCUT2D eigenvalue weighted by Gasteiger charge is 2.22. The van der Waals surface area contributed by atoms with Crippen LogP contribution in [-0.2, 0) is 22.5 Å². The predicted molar refractivity (Wildman–Crippen MR) is 110 cm³/mol. The molecule has 0 heterocycles. The Bertz CT molecular complexity index is 751. The first-order valence-electron chi connectivity index (χ1n) is 10.0. The summed E-state index contributed by atoms with van der Waals surface area (Å²) in [6, 6.07) is 18.4. The van der Waals surface area contributed by atoms with Gasteiger partial charge in [-0.2, -0.15) is 0 Å². The molecule has 150 valence electrons. The Kier molecular flexibility index (Phi) is 7.60. The van der Waals surface area contributed by atoms with E-state index in [4.69, 9.17) is 10.5 Å². The lowest BCUT2D eigenvalue weighted by atomic mass is 9.89. The molecule has 3 rings (SSSR count). The predicted octanol–water partition coefficient (Wildman–Crippen LogP) is 2.82. The van der Waals surface area contributed by atoms with Crippen molar-refractivity contribution >= 4 is 5.91 Å². The van der Waals surface area contributed by atoms with E-state index in [1.165, 1.54) is 11.1 Å². The lowest BCUT2D eigenvalue weighted by molar-refractivity contribution is -0.118. The molecule has 2 atom stereocenters. The van der Waals surface area contributed by atoms with Crippen LogP contribution in [-0.4, -0.2) is 41.7 Å². The maximum atomic E-state index is 11.2. The standard InChI is InChI=1S/C23H30N2O3/c24-23(27)13-14-25(15-18-7-2-1-3-8-18)16-20(26)17-28-22-12-6-10-19-9-4-5-11-21(19)22/h1-5,7-9,11,20,22,26H,6,10,12-17H2,(H2,24,27)/t20-,22+/m0/s1. The van der Waals surface area contributed by atoms with Crippen LogP contribution < -0.4 is 5.73 Å². The van der Waals surface area contributed by atoms with E-state index in [2.05, 4.69) is 23.1 Å². The lowest BCUT2D eigenvalue weighted by Crippen LogP contribution is -2.37. The molecule has 2 aromatic rings. The van der Waals surface area contributed by atoms with Crippen molar-refractivity contribution in [3.05, 3.63) is 71.3 Å². The highest BCUT2D eigenvalue weighted by molar-refractivity contribution is 5.73. The Morgan fingerprint density at radius 3 is 2.71 bits per heavy atom. The zero-order chi connectivity index (χ0) is 19.8. The number of aliphatic hydroxyl groups excluding tert-OH is 1. The summed E-state index contributed by atoms with van der Waals surface area (Å²) in [7, 11) is 0. The van der Waals surface area contributed by atoms with Gasteiger partial charge in [0.05, 0.1) is 18.8 Å².